The fraction of sp³-hybridized carbons (Fsp3) is 0.238. The maximum absolute atomic E-state index is 11.2. The van der Waals surface area contributed by atoms with Gasteiger partial charge in [-0.25, -0.2) is 10.2 Å². The predicted molar refractivity (Wildman–Crippen MR) is 111 cm³/mol. The fourth-order valence-electron chi connectivity index (χ4n) is 3.35. The molecular weight excluding hydrogens is 390 g/mol. The second-order valence-corrected chi connectivity index (χ2v) is 7.31. The number of carbonyl (C=O) groups is 1. The molecule has 1 amide bonds. The van der Waals surface area contributed by atoms with E-state index < -0.39 is 6.09 Å². The summed E-state index contributed by atoms with van der Waals surface area (Å²) in [6.45, 7) is 4.22. The number of likely N-dealkylation sites (N-methyl/N-ethyl adjacent to an activating group) is 1. The molecule has 1 aromatic carbocycles. The van der Waals surface area contributed by atoms with Gasteiger partial charge in [-0.2, -0.15) is 5.26 Å². The van der Waals surface area contributed by atoms with Crippen LogP contribution >= 0.6 is 11.8 Å². The van der Waals surface area contributed by atoms with Crippen molar-refractivity contribution in [2.24, 2.45) is 0 Å². The van der Waals surface area contributed by atoms with Crippen molar-refractivity contribution in [1.82, 2.24) is 19.8 Å². The molecule has 150 valence electrons. The zero-order valence-corrected chi connectivity index (χ0v) is 17.2. The smallest absolute Gasteiger partial charge is 0.407 e. The van der Waals surface area contributed by atoms with Crippen LogP contribution in [-0.2, 0) is 0 Å². The van der Waals surface area contributed by atoms with Crippen LogP contribution in [0.4, 0.5) is 4.79 Å². The van der Waals surface area contributed by atoms with E-state index in [0.29, 0.717) is 5.56 Å². The molecule has 29 heavy (non-hydrogen) atoms. The van der Waals surface area contributed by atoms with Crippen LogP contribution in [-0.4, -0.2) is 39.1 Å². The van der Waals surface area contributed by atoms with Crippen molar-refractivity contribution in [2.45, 2.75) is 19.9 Å². The zero-order valence-electron chi connectivity index (χ0n) is 16.4. The Morgan fingerprint density at radius 2 is 2.14 bits per heavy atom. The highest BCUT2D eigenvalue weighted by Gasteiger charge is 2.25. The van der Waals surface area contributed by atoms with Crippen molar-refractivity contribution in [3.8, 4) is 6.07 Å². The SMILES string of the molecule is Cc1c(C#N)cccc1[C@@H](C)NN1C=CC(CN(C)C(=O)O)=C2C=CN(Cl)C=C21. The Hall–Kier alpha value is -3.21. The summed E-state index contributed by atoms with van der Waals surface area (Å²) in [5.41, 5.74) is 8.60. The number of nitrogens with zero attached hydrogens (tertiary/aromatic N) is 4. The summed E-state index contributed by atoms with van der Waals surface area (Å²) in [6.07, 6.45) is 8.08. The fourth-order valence-corrected chi connectivity index (χ4v) is 3.50. The lowest BCUT2D eigenvalue weighted by molar-refractivity contribution is 0.159. The van der Waals surface area contributed by atoms with Gasteiger partial charge in [-0.1, -0.05) is 12.1 Å². The highest BCUT2D eigenvalue weighted by molar-refractivity contribution is 6.14. The van der Waals surface area contributed by atoms with Gasteiger partial charge in [-0.05, 0) is 48.8 Å². The molecule has 7 nitrogen and oxygen atoms in total. The molecule has 0 aromatic heterocycles. The Morgan fingerprint density at radius 1 is 1.38 bits per heavy atom. The third kappa shape index (κ3) is 4.29. The minimum atomic E-state index is -0.988. The maximum atomic E-state index is 11.2. The largest absolute Gasteiger partial charge is 0.465 e. The van der Waals surface area contributed by atoms with Gasteiger partial charge in [0.05, 0.1) is 17.3 Å². The number of fused-ring (bicyclic) bond motifs is 1. The molecular formula is C21H22ClN5O2. The number of nitriles is 1. The Balaban J connectivity index is 1.87. The van der Waals surface area contributed by atoms with Crippen LogP contribution in [0.1, 0.15) is 29.7 Å². The third-order valence-corrected chi connectivity index (χ3v) is 5.18. The van der Waals surface area contributed by atoms with Gasteiger partial charge in [0, 0.05) is 55.6 Å². The average Bonchev–Trinajstić information content (AvgIpc) is 2.69. The van der Waals surface area contributed by atoms with Crippen LogP contribution in [0.15, 0.2) is 65.8 Å². The van der Waals surface area contributed by atoms with E-state index in [-0.39, 0.29) is 12.6 Å². The quantitative estimate of drug-likeness (QED) is 0.713. The van der Waals surface area contributed by atoms with Crippen LogP contribution in [0.25, 0.3) is 0 Å². The van der Waals surface area contributed by atoms with Gasteiger partial charge in [0.1, 0.15) is 0 Å². The lowest BCUT2D eigenvalue weighted by Crippen LogP contribution is -2.39. The summed E-state index contributed by atoms with van der Waals surface area (Å²) in [4.78, 5) is 12.4. The molecule has 0 spiro atoms. The van der Waals surface area contributed by atoms with E-state index in [1.807, 2.05) is 49.3 Å². The Labute approximate surface area is 175 Å². The van der Waals surface area contributed by atoms with E-state index in [1.165, 1.54) is 16.4 Å². The van der Waals surface area contributed by atoms with Gasteiger partial charge < -0.3 is 10.0 Å². The molecule has 2 heterocycles. The van der Waals surface area contributed by atoms with Crippen LogP contribution in [0, 0.1) is 18.3 Å². The highest BCUT2D eigenvalue weighted by atomic mass is 35.5. The number of hydrogen-bond acceptors (Lipinski definition) is 5. The molecule has 1 aromatic rings. The van der Waals surface area contributed by atoms with Crippen molar-refractivity contribution in [3.05, 3.63) is 82.5 Å². The normalized spacial score (nSPS) is 16.3. The number of allylic oxidation sites excluding steroid dienone is 1. The monoisotopic (exact) mass is 411 g/mol. The van der Waals surface area contributed by atoms with Gasteiger partial charge >= 0.3 is 6.09 Å². The summed E-state index contributed by atoms with van der Waals surface area (Å²) in [6, 6.07) is 7.82. The van der Waals surface area contributed by atoms with Gasteiger partial charge in [0.15, 0.2) is 0 Å². The molecule has 1 atom stereocenters. The second-order valence-electron chi connectivity index (χ2n) is 6.92. The third-order valence-electron chi connectivity index (χ3n) is 4.96. The first kappa shape index (κ1) is 20.5. The summed E-state index contributed by atoms with van der Waals surface area (Å²) < 4.78 is 1.43. The minimum Gasteiger partial charge on any atom is -0.465 e. The summed E-state index contributed by atoms with van der Waals surface area (Å²) in [7, 11) is 1.53. The number of carboxylic acid groups (broad SMARTS) is 1. The first-order valence-electron chi connectivity index (χ1n) is 9.06. The number of halogens is 1. The van der Waals surface area contributed by atoms with Crippen molar-refractivity contribution in [2.75, 3.05) is 13.6 Å². The molecule has 0 saturated carbocycles. The van der Waals surface area contributed by atoms with E-state index in [1.54, 1.807) is 18.5 Å². The van der Waals surface area contributed by atoms with E-state index in [0.717, 1.165) is 28.0 Å². The first-order valence-corrected chi connectivity index (χ1v) is 9.40. The van der Waals surface area contributed by atoms with E-state index in [9.17, 15) is 15.2 Å². The van der Waals surface area contributed by atoms with E-state index in [4.69, 9.17) is 11.8 Å². The number of nitrogens with one attached hydrogen (secondary N) is 1. The van der Waals surface area contributed by atoms with E-state index in [2.05, 4.69) is 11.5 Å². The van der Waals surface area contributed by atoms with Crippen molar-refractivity contribution in [1.29, 1.82) is 5.26 Å². The van der Waals surface area contributed by atoms with Crippen molar-refractivity contribution >= 4 is 17.9 Å². The maximum Gasteiger partial charge on any atom is 0.407 e. The lowest BCUT2D eigenvalue weighted by atomic mass is 9.98. The number of benzene rings is 1. The molecule has 0 unspecified atom stereocenters. The summed E-state index contributed by atoms with van der Waals surface area (Å²) in [5.74, 6) is 0. The number of rotatable bonds is 5. The molecule has 2 N–H and O–H groups in total. The van der Waals surface area contributed by atoms with Crippen LogP contribution in [0.3, 0.4) is 0 Å². The zero-order chi connectivity index (χ0) is 21.1. The van der Waals surface area contributed by atoms with Crippen molar-refractivity contribution in [3.63, 3.8) is 0 Å². The summed E-state index contributed by atoms with van der Waals surface area (Å²) in [5, 5.41) is 20.3. The predicted octanol–water partition coefficient (Wildman–Crippen LogP) is 3.99. The molecule has 8 heteroatoms. The van der Waals surface area contributed by atoms with Gasteiger partial charge in [0.25, 0.3) is 0 Å². The Bertz CT molecular complexity index is 989. The molecule has 2 aliphatic heterocycles. The minimum absolute atomic E-state index is 0.0759. The van der Waals surface area contributed by atoms with Crippen LogP contribution < -0.4 is 5.43 Å². The highest BCUT2D eigenvalue weighted by Crippen LogP contribution is 2.31. The number of hydrogen-bond donors (Lipinski definition) is 2. The number of amides is 1. The molecule has 0 aliphatic carbocycles. The standard InChI is InChI=1S/C21H22ClN5O2/c1-14-16(11-23)5-4-6-18(14)15(2)24-27-10-7-17(12-25(3)21(28)29)19-8-9-26(22)13-20(19)27/h4-10,13,15,24H,12H2,1-3H3,(H,28,29)/t15-/m1/s1. The van der Waals surface area contributed by atoms with E-state index >= 15 is 0 Å². The molecule has 2 aliphatic rings. The van der Waals surface area contributed by atoms with Gasteiger partial charge in [-0.3, -0.25) is 9.43 Å². The molecule has 3 rings (SSSR count). The summed E-state index contributed by atoms with van der Waals surface area (Å²) >= 11 is 6.15. The average molecular weight is 412 g/mol. The topological polar surface area (TPSA) is 82.8 Å². The Morgan fingerprint density at radius 3 is 2.83 bits per heavy atom. The van der Waals surface area contributed by atoms with Crippen LogP contribution in [0.5, 0.6) is 0 Å². The van der Waals surface area contributed by atoms with Crippen molar-refractivity contribution < 1.29 is 9.90 Å². The molecule has 0 saturated heterocycles. The van der Waals surface area contributed by atoms with Gasteiger partial charge in [0.2, 0.25) is 0 Å². The lowest BCUT2D eigenvalue weighted by Gasteiger charge is -2.35. The molecule has 0 bridgehead atoms. The Kier molecular flexibility index (Phi) is 5.97. The number of hydrazine groups is 1. The van der Waals surface area contributed by atoms with Gasteiger partial charge in [-0.15, -0.1) is 0 Å². The molecule has 0 radical (unpaired) electrons. The molecule has 0 fully saturated rings. The first-order chi connectivity index (χ1) is 13.8. The second kappa shape index (κ2) is 8.43. The van der Waals surface area contributed by atoms with Crippen LogP contribution in [0.2, 0.25) is 0 Å².